The largest absolute Gasteiger partial charge is 0.481 e. The second-order valence-corrected chi connectivity index (χ2v) is 5.02. The summed E-state index contributed by atoms with van der Waals surface area (Å²) < 4.78 is 0. The number of benzene rings is 1. The maximum Gasteiger partial charge on any atom is 0.308 e. The van der Waals surface area contributed by atoms with Gasteiger partial charge in [-0.15, -0.1) is 10.2 Å². The van der Waals surface area contributed by atoms with Crippen molar-refractivity contribution in [1.29, 1.82) is 0 Å². The second kappa shape index (κ2) is 6.79. The SMILES string of the molecule is CC(CN(C)C(=O)Cn1nnc(-c2ccccc2)n1)C(=O)O. The molecular formula is C14H17N5O3. The first-order valence-electron chi connectivity index (χ1n) is 6.77. The molecule has 0 aliphatic heterocycles. The minimum Gasteiger partial charge on any atom is -0.481 e. The first-order chi connectivity index (χ1) is 10.5. The Morgan fingerprint density at radius 1 is 1.32 bits per heavy atom. The summed E-state index contributed by atoms with van der Waals surface area (Å²) in [6.45, 7) is 1.60. The van der Waals surface area contributed by atoms with E-state index < -0.39 is 11.9 Å². The predicted molar refractivity (Wildman–Crippen MR) is 77.7 cm³/mol. The molecule has 0 bridgehead atoms. The van der Waals surface area contributed by atoms with Gasteiger partial charge in [-0.05, 0) is 5.21 Å². The van der Waals surface area contributed by atoms with E-state index in [4.69, 9.17) is 5.11 Å². The van der Waals surface area contributed by atoms with E-state index in [2.05, 4.69) is 15.4 Å². The van der Waals surface area contributed by atoms with Crippen LogP contribution in [0.25, 0.3) is 11.4 Å². The van der Waals surface area contributed by atoms with Crippen molar-refractivity contribution in [1.82, 2.24) is 25.1 Å². The summed E-state index contributed by atoms with van der Waals surface area (Å²) >= 11 is 0. The van der Waals surface area contributed by atoms with Gasteiger partial charge < -0.3 is 10.0 Å². The molecule has 0 radical (unpaired) electrons. The number of nitrogens with zero attached hydrogens (tertiary/aromatic N) is 5. The van der Waals surface area contributed by atoms with Crippen molar-refractivity contribution in [2.75, 3.05) is 13.6 Å². The quantitative estimate of drug-likeness (QED) is 0.835. The van der Waals surface area contributed by atoms with Gasteiger partial charge in [-0.3, -0.25) is 9.59 Å². The Labute approximate surface area is 127 Å². The number of carbonyl (C=O) groups excluding carboxylic acids is 1. The summed E-state index contributed by atoms with van der Waals surface area (Å²) in [5, 5.41) is 20.7. The summed E-state index contributed by atoms with van der Waals surface area (Å²) in [5.41, 5.74) is 0.814. The number of hydrogen-bond donors (Lipinski definition) is 1. The molecule has 0 fully saturated rings. The van der Waals surface area contributed by atoms with E-state index in [0.717, 1.165) is 5.56 Å². The van der Waals surface area contributed by atoms with Crippen LogP contribution in [0, 0.1) is 5.92 Å². The summed E-state index contributed by atoms with van der Waals surface area (Å²) in [6.07, 6.45) is 0. The lowest BCUT2D eigenvalue weighted by molar-refractivity contribution is -0.142. The molecule has 0 saturated carbocycles. The molecular weight excluding hydrogens is 286 g/mol. The van der Waals surface area contributed by atoms with Crippen molar-refractivity contribution in [3.05, 3.63) is 30.3 Å². The summed E-state index contributed by atoms with van der Waals surface area (Å²) in [4.78, 5) is 25.4. The van der Waals surface area contributed by atoms with Crippen molar-refractivity contribution in [2.45, 2.75) is 13.5 Å². The molecule has 0 aliphatic carbocycles. The molecule has 1 aromatic carbocycles. The van der Waals surface area contributed by atoms with Gasteiger partial charge in [-0.2, -0.15) is 4.80 Å². The minimum absolute atomic E-state index is 0.0807. The van der Waals surface area contributed by atoms with E-state index in [1.165, 1.54) is 9.70 Å². The molecule has 1 aromatic heterocycles. The zero-order chi connectivity index (χ0) is 16.1. The Bertz CT molecular complexity index is 656. The standard InChI is InChI=1S/C14H17N5O3/c1-10(14(21)22)8-18(2)12(20)9-19-16-13(15-17-19)11-6-4-3-5-7-11/h3-7,10H,8-9H2,1-2H3,(H,21,22). The minimum atomic E-state index is -0.940. The normalized spacial score (nSPS) is 11.9. The van der Waals surface area contributed by atoms with Gasteiger partial charge in [0.15, 0.2) is 0 Å². The number of carbonyl (C=O) groups is 2. The summed E-state index contributed by atoms with van der Waals surface area (Å²) in [6, 6.07) is 9.31. The number of likely N-dealkylation sites (N-methyl/N-ethyl adjacent to an activating group) is 1. The number of carboxylic acids is 1. The van der Waals surface area contributed by atoms with Crippen LogP contribution in [-0.2, 0) is 16.1 Å². The molecule has 0 spiro atoms. The molecule has 1 unspecified atom stereocenters. The number of aliphatic carboxylic acids is 1. The lowest BCUT2D eigenvalue weighted by Crippen LogP contribution is -2.36. The van der Waals surface area contributed by atoms with Gasteiger partial charge in [-0.25, -0.2) is 0 Å². The Balaban J connectivity index is 1.98. The Morgan fingerprint density at radius 2 is 2.00 bits per heavy atom. The van der Waals surface area contributed by atoms with Gasteiger partial charge in [0.05, 0.1) is 5.92 Å². The number of rotatable bonds is 6. The number of amides is 1. The van der Waals surface area contributed by atoms with Crippen molar-refractivity contribution >= 4 is 11.9 Å². The Kier molecular flexibility index (Phi) is 4.82. The van der Waals surface area contributed by atoms with Gasteiger partial charge in [0, 0.05) is 19.2 Å². The van der Waals surface area contributed by atoms with Crippen LogP contribution in [0.4, 0.5) is 0 Å². The van der Waals surface area contributed by atoms with Gasteiger partial charge in [0.2, 0.25) is 11.7 Å². The fourth-order valence-electron chi connectivity index (χ4n) is 1.85. The fraction of sp³-hybridized carbons (Fsp3) is 0.357. The highest BCUT2D eigenvalue weighted by atomic mass is 16.4. The molecule has 1 heterocycles. The molecule has 1 N–H and O–H groups in total. The van der Waals surface area contributed by atoms with Crippen LogP contribution in [0.5, 0.6) is 0 Å². The third-order valence-corrected chi connectivity index (χ3v) is 3.16. The van der Waals surface area contributed by atoms with Crippen molar-refractivity contribution in [3.8, 4) is 11.4 Å². The second-order valence-electron chi connectivity index (χ2n) is 5.02. The molecule has 1 amide bonds. The first kappa shape index (κ1) is 15.6. The van der Waals surface area contributed by atoms with Crippen molar-refractivity contribution in [3.63, 3.8) is 0 Å². The highest BCUT2D eigenvalue weighted by Gasteiger charge is 2.18. The van der Waals surface area contributed by atoms with Crippen LogP contribution < -0.4 is 0 Å². The van der Waals surface area contributed by atoms with Crippen LogP contribution in [0.1, 0.15) is 6.92 Å². The van der Waals surface area contributed by atoms with Gasteiger partial charge >= 0.3 is 5.97 Å². The summed E-state index contributed by atoms with van der Waals surface area (Å²) in [5.74, 6) is -1.40. The van der Waals surface area contributed by atoms with E-state index in [1.807, 2.05) is 30.3 Å². The van der Waals surface area contributed by atoms with E-state index in [0.29, 0.717) is 5.82 Å². The number of hydrogen-bond acceptors (Lipinski definition) is 5. The van der Waals surface area contributed by atoms with E-state index in [1.54, 1.807) is 14.0 Å². The van der Waals surface area contributed by atoms with E-state index in [-0.39, 0.29) is 19.0 Å². The van der Waals surface area contributed by atoms with Crippen LogP contribution >= 0.6 is 0 Å². The average Bonchev–Trinajstić information content (AvgIpc) is 2.96. The average molecular weight is 303 g/mol. The maximum absolute atomic E-state index is 12.0. The maximum atomic E-state index is 12.0. The molecule has 1 atom stereocenters. The van der Waals surface area contributed by atoms with Crippen LogP contribution in [-0.4, -0.2) is 55.7 Å². The van der Waals surface area contributed by atoms with Crippen LogP contribution in [0.3, 0.4) is 0 Å². The third-order valence-electron chi connectivity index (χ3n) is 3.16. The Morgan fingerprint density at radius 3 is 2.64 bits per heavy atom. The van der Waals surface area contributed by atoms with E-state index >= 15 is 0 Å². The molecule has 2 rings (SSSR count). The highest BCUT2D eigenvalue weighted by molar-refractivity contribution is 5.77. The number of tetrazole rings is 1. The molecule has 2 aromatic rings. The van der Waals surface area contributed by atoms with Crippen LogP contribution in [0.15, 0.2) is 30.3 Å². The van der Waals surface area contributed by atoms with Crippen LogP contribution in [0.2, 0.25) is 0 Å². The summed E-state index contributed by atoms with van der Waals surface area (Å²) in [7, 11) is 1.55. The van der Waals surface area contributed by atoms with Gasteiger partial charge in [0.25, 0.3) is 0 Å². The van der Waals surface area contributed by atoms with Gasteiger partial charge in [-0.1, -0.05) is 37.3 Å². The molecule has 8 nitrogen and oxygen atoms in total. The molecule has 116 valence electrons. The zero-order valence-corrected chi connectivity index (χ0v) is 12.4. The van der Waals surface area contributed by atoms with E-state index in [9.17, 15) is 9.59 Å². The number of carboxylic acid groups (broad SMARTS) is 1. The monoisotopic (exact) mass is 303 g/mol. The lowest BCUT2D eigenvalue weighted by Gasteiger charge is -2.18. The topological polar surface area (TPSA) is 101 Å². The van der Waals surface area contributed by atoms with Crippen molar-refractivity contribution in [2.24, 2.45) is 5.92 Å². The van der Waals surface area contributed by atoms with Crippen molar-refractivity contribution < 1.29 is 14.7 Å². The lowest BCUT2D eigenvalue weighted by atomic mass is 10.2. The van der Waals surface area contributed by atoms with Gasteiger partial charge in [0.1, 0.15) is 6.54 Å². The molecule has 0 saturated heterocycles. The predicted octanol–water partition coefficient (Wildman–Crippen LogP) is 0.519. The first-order valence-corrected chi connectivity index (χ1v) is 6.77. The third kappa shape index (κ3) is 3.87. The fourth-order valence-corrected chi connectivity index (χ4v) is 1.85. The molecule has 0 aliphatic rings. The molecule has 8 heteroatoms. The Hall–Kier alpha value is -2.77. The highest BCUT2D eigenvalue weighted by Crippen LogP contribution is 2.11. The number of aromatic nitrogens is 4. The molecule has 22 heavy (non-hydrogen) atoms. The zero-order valence-electron chi connectivity index (χ0n) is 12.4. The smallest absolute Gasteiger partial charge is 0.308 e.